The van der Waals surface area contributed by atoms with Crippen molar-refractivity contribution in [3.63, 3.8) is 0 Å². The Labute approximate surface area is 189 Å². The van der Waals surface area contributed by atoms with Gasteiger partial charge in [0, 0.05) is 28.7 Å². The van der Waals surface area contributed by atoms with Gasteiger partial charge in [-0.3, -0.25) is 9.20 Å². The maximum Gasteiger partial charge on any atom is 0.323 e. The largest absolute Gasteiger partial charge is 0.487 e. The van der Waals surface area contributed by atoms with Crippen molar-refractivity contribution in [2.24, 2.45) is 0 Å². The average Bonchev–Trinajstić information content (AvgIpc) is 2.76. The maximum atomic E-state index is 12.3. The first-order valence-electron chi connectivity index (χ1n) is 9.93. The summed E-state index contributed by atoms with van der Waals surface area (Å²) in [5, 5.41) is 6.08. The summed E-state index contributed by atoms with van der Waals surface area (Å²) in [4.78, 5) is 29.0. The fourth-order valence-electron chi connectivity index (χ4n) is 3.09. The molecule has 2 heterocycles. The number of fused-ring (bicyclic) bond motifs is 1. The van der Waals surface area contributed by atoms with Crippen molar-refractivity contribution in [3.05, 3.63) is 99.1 Å². The van der Waals surface area contributed by atoms with Crippen LogP contribution in [0.15, 0.2) is 71.7 Å². The number of benzene rings is 2. The van der Waals surface area contributed by atoms with Crippen molar-refractivity contribution in [3.8, 4) is 5.75 Å². The predicted octanol–water partition coefficient (Wildman–Crippen LogP) is 5.19. The highest BCUT2D eigenvalue weighted by molar-refractivity contribution is 6.31. The molecular formula is C24H21ClN4O3. The van der Waals surface area contributed by atoms with Crippen LogP contribution in [0.4, 0.5) is 16.2 Å². The molecule has 0 radical (unpaired) electrons. The van der Waals surface area contributed by atoms with Crippen molar-refractivity contribution in [1.29, 1.82) is 0 Å². The number of nitrogens with zero attached hydrogens (tertiary/aromatic N) is 2. The second-order valence-electron chi connectivity index (χ2n) is 7.38. The molecule has 2 amide bonds. The summed E-state index contributed by atoms with van der Waals surface area (Å²) in [7, 11) is 0. The van der Waals surface area contributed by atoms with Gasteiger partial charge in [-0.15, -0.1) is 0 Å². The summed E-state index contributed by atoms with van der Waals surface area (Å²) in [6, 6.07) is 17.0. The van der Waals surface area contributed by atoms with Crippen molar-refractivity contribution in [2.45, 2.75) is 20.5 Å². The van der Waals surface area contributed by atoms with E-state index in [0.717, 1.165) is 11.1 Å². The lowest BCUT2D eigenvalue weighted by Gasteiger charge is -2.10. The lowest BCUT2D eigenvalue weighted by molar-refractivity contribution is 0.262. The third-order valence-electron chi connectivity index (χ3n) is 4.79. The zero-order chi connectivity index (χ0) is 22.7. The molecule has 0 aliphatic rings. The number of carbonyl (C=O) groups excluding carboxylic acids is 1. The number of ether oxygens (including phenoxy) is 1. The second-order valence-corrected chi connectivity index (χ2v) is 7.78. The number of rotatable bonds is 5. The van der Waals surface area contributed by atoms with Gasteiger partial charge in [0.25, 0.3) is 5.56 Å². The zero-order valence-corrected chi connectivity index (χ0v) is 18.3. The zero-order valence-electron chi connectivity index (χ0n) is 17.6. The van der Waals surface area contributed by atoms with Crippen LogP contribution in [0.5, 0.6) is 5.75 Å². The van der Waals surface area contributed by atoms with Crippen LogP contribution in [0.3, 0.4) is 0 Å². The summed E-state index contributed by atoms with van der Waals surface area (Å²) in [5.41, 5.74) is 4.08. The van der Waals surface area contributed by atoms with Crippen LogP contribution >= 0.6 is 11.6 Å². The van der Waals surface area contributed by atoms with E-state index in [9.17, 15) is 9.59 Å². The van der Waals surface area contributed by atoms with Gasteiger partial charge >= 0.3 is 6.03 Å². The maximum absolute atomic E-state index is 12.3. The molecule has 0 aliphatic heterocycles. The minimum atomic E-state index is -0.380. The van der Waals surface area contributed by atoms with Crippen LogP contribution in [0, 0.1) is 13.8 Å². The van der Waals surface area contributed by atoms with E-state index in [-0.39, 0.29) is 18.2 Å². The van der Waals surface area contributed by atoms with E-state index in [2.05, 4.69) is 15.6 Å². The Hall–Kier alpha value is -3.84. The van der Waals surface area contributed by atoms with Crippen LogP contribution in [0.2, 0.25) is 5.02 Å². The molecule has 8 heteroatoms. The molecule has 0 saturated heterocycles. The Morgan fingerprint density at radius 2 is 1.72 bits per heavy atom. The molecule has 0 bridgehead atoms. The molecule has 0 fully saturated rings. The highest BCUT2D eigenvalue weighted by Crippen LogP contribution is 2.21. The van der Waals surface area contributed by atoms with E-state index < -0.39 is 0 Å². The van der Waals surface area contributed by atoms with E-state index in [1.165, 1.54) is 10.5 Å². The Balaban J connectivity index is 1.36. The first kappa shape index (κ1) is 21.4. The summed E-state index contributed by atoms with van der Waals surface area (Å²) < 4.78 is 7.25. The molecule has 0 spiro atoms. The Morgan fingerprint density at radius 1 is 1.00 bits per heavy atom. The summed E-state index contributed by atoms with van der Waals surface area (Å²) in [5.74, 6) is 0.590. The highest BCUT2D eigenvalue weighted by Gasteiger charge is 2.06. The molecule has 0 unspecified atom stereocenters. The monoisotopic (exact) mass is 448 g/mol. The van der Waals surface area contributed by atoms with Crippen molar-refractivity contribution in [1.82, 2.24) is 9.38 Å². The molecule has 162 valence electrons. The topological polar surface area (TPSA) is 84.7 Å². The van der Waals surface area contributed by atoms with Crippen molar-refractivity contribution in [2.75, 3.05) is 10.6 Å². The van der Waals surface area contributed by atoms with Gasteiger partial charge in [0.1, 0.15) is 18.0 Å². The van der Waals surface area contributed by atoms with Gasteiger partial charge in [0.2, 0.25) is 0 Å². The van der Waals surface area contributed by atoms with Gasteiger partial charge in [0.05, 0.1) is 5.69 Å². The number of amides is 2. The molecule has 2 aromatic heterocycles. The second kappa shape index (κ2) is 9.11. The molecule has 4 aromatic rings. The molecule has 7 nitrogen and oxygen atoms in total. The SMILES string of the molecule is Cc1ccc2nc(COc3ccc(NC(=O)Nc4ccc(C)c(Cl)c4)cc3)cc(=O)n2c1. The van der Waals surface area contributed by atoms with Crippen LogP contribution in [-0.4, -0.2) is 15.4 Å². The minimum Gasteiger partial charge on any atom is -0.487 e. The van der Waals surface area contributed by atoms with Gasteiger partial charge in [-0.2, -0.15) is 0 Å². The molecule has 32 heavy (non-hydrogen) atoms. The van der Waals surface area contributed by atoms with Gasteiger partial charge in [0.15, 0.2) is 0 Å². The number of urea groups is 1. The lowest BCUT2D eigenvalue weighted by Crippen LogP contribution is -2.19. The summed E-state index contributed by atoms with van der Waals surface area (Å²) >= 11 is 6.08. The first-order valence-corrected chi connectivity index (χ1v) is 10.3. The van der Waals surface area contributed by atoms with Gasteiger partial charge in [-0.25, -0.2) is 9.78 Å². The third kappa shape index (κ3) is 5.07. The number of hydrogen-bond donors (Lipinski definition) is 2. The molecule has 2 N–H and O–H groups in total. The molecule has 2 aromatic carbocycles. The van der Waals surface area contributed by atoms with E-state index in [0.29, 0.717) is 33.5 Å². The lowest BCUT2D eigenvalue weighted by atomic mass is 10.2. The number of aryl methyl sites for hydroxylation is 2. The number of nitrogens with one attached hydrogen (secondary N) is 2. The summed E-state index contributed by atoms with van der Waals surface area (Å²) in [6.45, 7) is 3.97. The van der Waals surface area contributed by atoms with Crippen LogP contribution in [-0.2, 0) is 6.61 Å². The van der Waals surface area contributed by atoms with Crippen LogP contribution in [0.1, 0.15) is 16.8 Å². The third-order valence-corrected chi connectivity index (χ3v) is 5.20. The quantitative estimate of drug-likeness (QED) is 0.440. The molecule has 4 rings (SSSR count). The molecular weight excluding hydrogens is 428 g/mol. The van der Waals surface area contributed by atoms with Gasteiger partial charge in [-0.1, -0.05) is 23.7 Å². The Kier molecular flexibility index (Phi) is 6.09. The number of pyridine rings is 1. The number of carbonyl (C=O) groups is 1. The highest BCUT2D eigenvalue weighted by atomic mass is 35.5. The molecule has 0 aliphatic carbocycles. The Bertz CT molecular complexity index is 1350. The normalized spacial score (nSPS) is 10.7. The van der Waals surface area contributed by atoms with E-state index in [1.807, 2.05) is 26.0 Å². The van der Waals surface area contributed by atoms with Gasteiger partial charge < -0.3 is 15.4 Å². The fourth-order valence-corrected chi connectivity index (χ4v) is 3.27. The van der Waals surface area contributed by atoms with E-state index in [1.54, 1.807) is 48.7 Å². The van der Waals surface area contributed by atoms with Gasteiger partial charge in [-0.05, 0) is 67.4 Å². The number of anilines is 2. The predicted molar refractivity (Wildman–Crippen MR) is 126 cm³/mol. The molecule has 0 saturated carbocycles. The number of halogens is 1. The summed E-state index contributed by atoms with van der Waals surface area (Å²) in [6.07, 6.45) is 1.75. The van der Waals surface area contributed by atoms with Crippen LogP contribution in [0.25, 0.3) is 5.65 Å². The number of aromatic nitrogens is 2. The van der Waals surface area contributed by atoms with Crippen molar-refractivity contribution < 1.29 is 9.53 Å². The number of hydrogen-bond acceptors (Lipinski definition) is 4. The fraction of sp³-hybridized carbons (Fsp3) is 0.125. The van der Waals surface area contributed by atoms with E-state index >= 15 is 0 Å². The Morgan fingerprint density at radius 3 is 2.47 bits per heavy atom. The van der Waals surface area contributed by atoms with Crippen molar-refractivity contribution >= 4 is 34.7 Å². The van der Waals surface area contributed by atoms with Crippen LogP contribution < -0.4 is 20.9 Å². The van der Waals surface area contributed by atoms with E-state index in [4.69, 9.17) is 16.3 Å². The molecule has 0 atom stereocenters. The first-order chi connectivity index (χ1) is 15.4. The standard InChI is InChI=1S/C24H21ClN4O3/c1-15-3-10-22-26-19(12-23(30)29(22)13-15)14-32-20-8-6-17(7-9-20)27-24(31)28-18-5-4-16(2)21(25)11-18/h3-13H,14H2,1-2H3,(H2,27,28,31). The smallest absolute Gasteiger partial charge is 0.323 e. The minimum absolute atomic E-state index is 0.154. The average molecular weight is 449 g/mol.